The highest BCUT2D eigenvalue weighted by Crippen LogP contribution is 2.21. The minimum atomic E-state index is -0.0332. The molecule has 1 heterocycles. The summed E-state index contributed by atoms with van der Waals surface area (Å²) >= 11 is 0. The van der Waals surface area contributed by atoms with E-state index in [1.807, 2.05) is 25.1 Å². The molecule has 1 saturated heterocycles. The molecule has 4 heteroatoms. The van der Waals surface area contributed by atoms with Gasteiger partial charge in [-0.05, 0) is 30.7 Å². The van der Waals surface area contributed by atoms with Crippen LogP contribution < -0.4 is 16.0 Å². The van der Waals surface area contributed by atoms with E-state index in [-0.39, 0.29) is 6.03 Å². The molecule has 2 amide bonds. The molecule has 0 unspecified atom stereocenters. The van der Waals surface area contributed by atoms with Crippen LogP contribution in [0.2, 0.25) is 0 Å². The molecule has 0 spiro atoms. The quantitative estimate of drug-likeness (QED) is 0.653. The van der Waals surface area contributed by atoms with E-state index in [9.17, 15) is 4.79 Å². The van der Waals surface area contributed by atoms with Gasteiger partial charge in [0.15, 0.2) is 0 Å². The number of nitrogens with two attached hydrogens (primary N) is 1. The molecule has 0 aromatic heterocycles. The van der Waals surface area contributed by atoms with Crippen LogP contribution in [0.5, 0.6) is 0 Å². The molecule has 1 fully saturated rings. The van der Waals surface area contributed by atoms with Gasteiger partial charge >= 0.3 is 6.03 Å². The average Bonchev–Trinajstić information content (AvgIpc) is 2.57. The van der Waals surface area contributed by atoms with Gasteiger partial charge in [-0.15, -0.1) is 0 Å². The number of nitrogens with one attached hydrogen (secondary N) is 1. The number of nitrogen functional groups attached to an aromatic ring is 1. The number of carbonyl (C=O) groups excluding carboxylic acids is 1. The van der Waals surface area contributed by atoms with Gasteiger partial charge in [-0.2, -0.15) is 0 Å². The first-order valence-electron chi connectivity index (χ1n) is 4.60. The molecule has 1 aromatic rings. The predicted octanol–water partition coefficient (Wildman–Crippen LogP) is 1.11. The highest BCUT2D eigenvalue weighted by atomic mass is 16.2. The Morgan fingerprint density at radius 1 is 1.50 bits per heavy atom. The summed E-state index contributed by atoms with van der Waals surface area (Å²) in [4.78, 5) is 13.1. The number of benzene rings is 1. The molecule has 0 atom stereocenters. The van der Waals surface area contributed by atoms with Gasteiger partial charge in [0.05, 0.1) is 0 Å². The Hall–Kier alpha value is -1.71. The van der Waals surface area contributed by atoms with Crippen LogP contribution in [-0.4, -0.2) is 19.1 Å². The summed E-state index contributed by atoms with van der Waals surface area (Å²) in [5.41, 5.74) is 8.37. The van der Waals surface area contributed by atoms with Crippen molar-refractivity contribution in [1.29, 1.82) is 0 Å². The summed E-state index contributed by atoms with van der Waals surface area (Å²) in [6, 6.07) is 5.60. The van der Waals surface area contributed by atoms with Crippen LogP contribution in [0.15, 0.2) is 18.2 Å². The third-order valence-electron chi connectivity index (χ3n) is 2.42. The molecule has 2 rings (SSSR count). The van der Waals surface area contributed by atoms with Crippen LogP contribution in [0.3, 0.4) is 0 Å². The zero-order valence-electron chi connectivity index (χ0n) is 8.08. The maximum atomic E-state index is 11.4. The van der Waals surface area contributed by atoms with Crippen molar-refractivity contribution in [2.24, 2.45) is 0 Å². The van der Waals surface area contributed by atoms with E-state index in [1.54, 1.807) is 4.90 Å². The summed E-state index contributed by atoms with van der Waals surface area (Å²) in [5, 5.41) is 2.76. The summed E-state index contributed by atoms with van der Waals surface area (Å²) in [7, 11) is 0. The molecule has 74 valence electrons. The fourth-order valence-electron chi connectivity index (χ4n) is 1.55. The molecule has 0 radical (unpaired) electrons. The lowest BCUT2D eigenvalue weighted by molar-refractivity contribution is 0.252. The number of carbonyl (C=O) groups is 1. The maximum absolute atomic E-state index is 11.4. The number of rotatable bonds is 1. The predicted molar refractivity (Wildman–Crippen MR) is 56.3 cm³/mol. The van der Waals surface area contributed by atoms with E-state index in [2.05, 4.69) is 5.32 Å². The number of anilines is 2. The van der Waals surface area contributed by atoms with Crippen LogP contribution in [0, 0.1) is 6.92 Å². The van der Waals surface area contributed by atoms with E-state index in [0.29, 0.717) is 6.54 Å². The molecule has 4 nitrogen and oxygen atoms in total. The minimum absolute atomic E-state index is 0.0332. The Bertz CT molecular complexity index is 376. The molecule has 3 N–H and O–H groups in total. The van der Waals surface area contributed by atoms with Gasteiger partial charge in [-0.25, -0.2) is 4.79 Å². The Morgan fingerprint density at radius 3 is 2.86 bits per heavy atom. The topological polar surface area (TPSA) is 58.4 Å². The van der Waals surface area contributed by atoms with E-state index >= 15 is 0 Å². The lowest BCUT2D eigenvalue weighted by Gasteiger charge is -2.15. The number of amides is 2. The van der Waals surface area contributed by atoms with E-state index < -0.39 is 0 Å². The molecular formula is C10H13N3O. The van der Waals surface area contributed by atoms with Crippen molar-refractivity contribution in [3.05, 3.63) is 23.8 Å². The van der Waals surface area contributed by atoms with Crippen molar-refractivity contribution >= 4 is 17.4 Å². The van der Waals surface area contributed by atoms with E-state index in [0.717, 1.165) is 23.5 Å². The van der Waals surface area contributed by atoms with Crippen LogP contribution in [0.25, 0.3) is 0 Å². The first-order valence-corrected chi connectivity index (χ1v) is 4.60. The average molecular weight is 191 g/mol. The van der Waals surface area contributed by atoms with Crippen LogP contribution in [0.4, 0.5) is 16.2 Å². The Morgan fingerprint density at radius 2 is 2.29 bits per heavy atom. The van der Waals surface area contributed by atoms with Crippen molar-refractivity contribution in [2.45, 2.75) is 6.92 Å². The number of urea groups is 1. The molecular weight excluding hydrogens is 178 g/mol. The highest BCUT2D eigenvalue weighted by Gasteiger charge is 2.20. The fourth-order valence-corrected chi connectivity index (χ4v) is 1.55. The standard InChI is InChI=1S/C10H13N3O/c1-7-6-8(2-3-9(7)11)13-5-4-12-10(13)14/h2-3,6H,4-5,11H2,1H3,(H,12,14). The van der Waals surface area contributed by atoms with Gasteiger partial charge < -0.3 is 11.1 Å². The number of nitrogens with zero attached hydrogens (tertiary/aromatic N) is 1. The van der Waals surface area contributed by atoms with E-state index in [4.69, 9.17) is 5.73 Å². The largest absolute Gasteiger partial charge is 0.399 e. The van der Waals surface area contributed by atoms with Gasteiger partial charge in [0.2, 0.25) is 0 Å². The highest BCUT2D eigenvalue weighted by molar-refractivity contribution is 5.94. The minimum Gasteiger partial charge on any atom is -0.399 e. The smallest absolute Gasteiger partial charge is 0.321 e. The third kappa shape index (κ3) is 1.39. The second-order valence-electron chi connectivity index (χ2n) is 3.42. The van der Waals surface area contributed by atoms with Crippen molar-refractivity contribution in [3.63, 3.8) is 0 Å². The lowest BCUT2D eigenvalue weighted by atomic mass is 10.2. The maximum Gasteiger partial charge on any atom is 0.321 e. The zero-order valence-corrected chi connectivity index (χ0v) is 8.08. The van der Waals surface area contributed by atoms with Gasteiger partial charge in [-0.1, -0.05) is 0 Å². The third-order valence-corrected chi connectivity index (χ3v) is 2.42. The monoisotopic (exact) mass is 191 g/mol. The second kappa shape index (κ2) is 3.21. The van der Waals surface area contributed by atoms with Gasteiger partial charge in [0.25, 0.3) is 0 Å². The SMILES string of the molecule is Cc1cc(N2CCNC2=O)ccc1N. The zero-order chi connectivity index (χ0) is 10.1. The van der Waals surface area contributed by atoms with Crippen LogP contribution in [0.1, 0.15) is 5.56 Å². The number of hydrogen-bond acceptors (Lipinski definition) is 2. The van der Waals surface area contributed by atoms with Crippen LogP contribution in [-0.2, 0) is 0 Å². The van der Waals surface area contributed by atoms with Crippen LogP contribution >= 0.6 is 0 Å². The first kappa shape index (κ1) is 8.87. The fraction of sp³-hybridized carbons (Fsp3) is 0.300. The van der Waals surface area contributed by atoms with Gasteiger partial charge in [-0.3, -0.25) is 4.90 Å². The van der Waals surface area contributed by atoms with E-state index in [1.165, 1.54) is 0 Å². The summed E-state index contributed by atoms with van der Waals surface area (Å²) in [6.07, 6.45) is 0. The molecule has 1 aromatic carbocycles. The van der Waals surface area contributed by atoms with Crippen molar-refractivity contribution < 1.29 is 4.79 Å². The number of hydrogen-bond donors (Lipinski definition) is 2. The summed E-state index contributed by atoms with van der Waals surface area (Å²) in [5.74, 6) is 0. The molecule has 0 saturated carbocycles. The lowest BCUT2D eigenvalue weighted by Crippen LogP contribution is -2.27. The first-order chi connectivity index (χ1) is 6.68. The second-order valence-corrected chi connectivity index (χ2v) is 3.42. The number of aryl methyl sites for hydroxylation is 1. The molecule has 0 aliphatic carbocycles. The molecule has 1 aliphatic heterocycles. The Kier molecular flexibility index (Phi) is 2.04. The van der Waals surface area contributed by atoms with Crippen molar-refractivity contribution in [2.75, 3.05) is 23.7 Å². The van der Waals surface area contributed by atoms with Crippen molar-refractivity contribution in [3.8, 4) is 0 Å². The summed E-state index contributed by atoms with van der Waals surface area (Å²) in [6.45, 7) is 3.37. The molecule has 0 bridgehead atoms. The molecule has 1 aliphatic rings. The van der Waals surface area contributed by atoms with Crippen molar-refractivity contribution in [1.82, 2.24) is 5.32 Å². The van der Waals surface area contributed by atoms with Gasteiger partial charge in [0, 0.05) is 24.5 Å². The normalized spacial score (nSPS) is 15.8. The Balaban J connectivity index is 2.32. The summed E-state index contributed by atoms with van der Waals surface area (Å²) < 4.78 is 0. The Labute approximate surface area is 82.7 Å². The molecule has 14 heavy (non-hydrogen) atoms. The van der Waals surface area contributed by atoms with Gasteiger partial charge in [0.1, 0.15) is 0 Å².